The van der Waals surface area contributed by atoms with E-state index in [0.29, 0.717) is 17.5 Å². The summed E-state index contributed by atoms with van der Waals surface area (Å²) < 4.78 is 12.9. The molecule has 0 radical (unpaired) electrons. The number of carbonyl (C=O) groups is 1. The third-order valence-corrected chi connectivity index (χ3v) is 3.92. The molecule has 0 saturated heterocycles. The number of benzene rings is 2. The van der Waals surface area contributed by atoms with E-state index in [1.165, 1.54) is 12.1 Å². The van der Waals surface area contributed by atoms with E-state index in [4.69, 9.17) is 0 Å². The fraction of sp³-hybridized carbons (Fsp3) is 0.350. The van der Waals surface area contributed by atoms with Crippen LogP contribution in [0.25, 0.3) is 0 Å². The number of carbonyl (C=O) groups excluding carboxylic acids is 1. The molecule has 0 aliphatic heterocycles. The second-order valence-electron chi connectivity index (χ2n) is 6.61. The second kappa shape index (κ2) is 8.74. The standard InChI is InChI=1S/C20H25FN2O2/c1-14(12-19(24)16-8-10-18(21)11-9-16)22-20(25)17-6-4-15(5-7-17)13-23(2)3/h4-11,14,19,24H,12-13H2,1-3H3,(H,22,25). The number of rotatable bonds is 7. The molecule has 0 aromatic heterocycles. The van der Waals surface area contributed by atoms with Gasteiger partial charge in [-0.15, -0.1) is 0 Å². The summed E-state index contributed by atoms with van der Waals surface area (Å²) in [5.41, 5.74) is 2.36. The lowest BCUT2D eigenvalue weighted by Gasteiger charge is -2.18. The van der Waals surface area contributed by atoms with Gasteiger partial charge in [-0.2, -0.15) is 0 Å². The maximum absolute atomic E-state index is 12.9. The van der Waals surface area contributed by atoms with Crippen molar-refractivity contribution in [2.75, 3.05) is 14.1 Å². The molecule has 0 aliphatic rings. The fourth-order valence-electron chi connectivity index (χ4n) is 2.65. The van der Waals surface area contributed by atoms with Gasteiger partial charge in [-0.25, -0.2) is 4.39 Å². The van der Waals surface area contributed by atoms with Gasteiger partial charge in [0.2, 0.25) is 0 Å². The molecule has 2 unspecified atom stereocenters. The third-order valence-electron chi connectivity index (χ3n) is 3.92. The summed E-state index contributed by atoms with van der Waals surface area (Å²) in [6.45, 7) is 2.66. The first kappa shape index (κ1) is 19.1. The van der Waals surface area contributed by atoms with Crippen molar-refractivity contribution in [1.29, 1.82) is 0 Å². The molecule has 2 N–H and O–H groups in total. The smallest absolute Gasteiger partial charge is 0.251 e. The topological polar surface area (TPSA) is 52.6 Å². The first-order valence-electron chi connectivity index (χ1n) is 8.33. The van der Waals surface area contributed by atoms with Gasteiger partial charge >= 0.3 is 0 Å². The van der Waals surface area contributed by atoms with Gasteiger partial charge in [0.1, 0.15) is 5.82 Å². The monoisotopic (exact) mass is 344 g/mol. The zero-order chi connectivity index (χ0) is 18.4. The van der Waals surface area contributed by atoms with Crippen molar-refractivity contribution in [1.82, 2.24) is 10.2 Å². The normalized spacial score (nSPS) is 13.5. The van der Waals surface area contributed by atoms with Crippen LogP contribution in [0.15, 0.2) is 48.5 Å². The minimum Gasteiger partial charge on any atom is -0.388 e. The van der Waals surface area contributed by atoms with Gasteiger partial charge in [-0.1, -0.05) is 24.3 Å². The highest BCUT2D eigenvalue weighted by Gasteiger charge is 2.15. The van der Waals surface area contributed by atoms with E-state index in [1.807, 2.05) is 33.2 Å². The van der Waals surface area contributed by atoms with Crippen molar-refractivity contribution in [2.45, 2.75) is 32.0 Å². The van der Waals surface area contributed by atoms with Crippen molar-refractivity contribution < 1.29 is 14.3 Å². The molecule has 0 saturated carbocycles. The maximum Gasteiger partial charge on any atom is 0.251 e. The number of aliphatic hydroxyl groups is 1. The van der Waals surface area contributed by atoms with E-state index in [9.17, 15) is 14.3 Å². The van der Waals surface area contributed by atoms with Crippen LogP contribution in [0.2, 0.25) is 0 Å². The van der Waals surface area contributed by atoms with Crippen LogP contribution in [0, 0.1) is 5.82 Å². The zero-order valence-corrected chi connectivity index (χ0v) is 14.9. The SMILES string of the molecule is CC(CC(O)c1ccc(F)cc1)NC(=O)c1ccc(CN(C)C)cc1. The van der Waals surface area contributed by atoms with Crippen molar-refractivity contribution >= 4 is 5.91 Å². The number of nitrogens with zero attached hydrogens (tertiary/aromatic N) is 1. The highest BCUT2D eigenvalue weighted by molar-refractivity contribution is 5.94. The summed E-state index contributed by atoms with van der Waals surface area (Å²) in [7, 11) is 3.99. The Bertz CT molecular complexity index is 684. The molecule has 5 heteroatoms. The molecule has 25 heavy (non-hydrogen) atoms. The Labute approximate surface area is 148 Å². The molecule has 0 aliphatic carbocycles. The summed E-state index contributed by atoms with van der Waals surface area (Å²) in [5.74, 6) is -0.509. The van der Waals surface area contributed by atoms with Gasteiger partial charge in [0.25, 0.3) is 5.91 Å². The summed E-state index contributed by atoms with van der Waals surface area (Å²) >= 11 is 0. The van der Waals surface area contributed by atoms with Crippen LogP contribution >= 0.6 is 0 Å². The number of hydrogen-bond donors (Lipinski definition) is 2. The molecule has 2 aromatic carbocycles. The molecule has 2 aromatic rings. The van der Waals surface area contributed by atoms with Gasteiger partial charge < -0.3 is 15.3 Å². The Morgan fingerprint density at radius 1 is 1.12 bits per heavy atom. The van der Waals surface area contributed by atoms with Gasteiger partial charge in [0.05, 0.1) is 6.10 Å². The van der Waals surface area contributed by atoms with Gasteiger partial charge in [0.15, 0.2) is 0 Å². The lowest BCUT2D eigenvalue weighted by atomic mass is 10.0. The van der Waals surface area contributed by atoms with Crippen LogP contribution < -0.4 is 5.32 Å². The van der Waals surface area contributed by atoms with E-state index < -0.39 is 6.10 Å². The van der Waals surface area contributed by atoms with Crippen molar-refractivity contribution in [3.63, 3.8) is 0 Å². The molecule has 2 rings (SSSR count). The van der Waals surface area contributed by atoms with E-state index in [2.05, 4.69) is 10.2 Å². The van der Waals surface area contributed by atoms with Crippen molar-refractivity contribution in [2.24, 2.45) is 0 Å². The molecule has 0 fully saturated rings. The Kier molecular flexibility index (Phi) is 6.67. The highest BCUT2D eigenvalue weighted by Crippen LogP contribution is 2.19. The Balaban J connectivity index is 1.89. The predicted octanol–water partition coefficient (Wildman–Crippen LogP) is 3.13. The lowest BCUT2D eigenvalue weighted by Crippen LogP contribution is -2.33. The number of nitrogens with one attached hydrogen (secondary N) is 1. The minimum atomic E-state index is -0.752. The van der Waals surface area contributed by atoms with Gasteiger partial charge in [-0.05, 0) is 62.8 Å². The molecular weight excluding hydrogens is 319 g/mol. The largest absolute Gasteiger partial charge is 0.388 e. The first-order valence-corrected chi connectivity index (χ1v) is 8.33. The van der Waals surface area contributed by atoms with Crippen LogP contribution in [-0.4, -0.2) is 36.1 Å². The molecule has 1 amide bonds. The van der Waals surface area contributed by atoms with E-state index in [0.717, 1.165) is 12.1 Å². The summed E-state index contributed by atoms with van der Waals surface area (Å²) in [6, 6.07) is 13.0. The Hall–Kier alpha value is -2.24. The third kappa shape index (κ3) is 5.96. The van der Waals surface area contributed by atoms with Crippen LogP contribution in [0.1, 0.15) is 40.9 Å². The number of hydrogen-bond acceptors (Lipinski definition) is 3. The lowest BCUT2D eigenvalue weighted by molar-refractivity contribution is 0.0917. The van der Waals surface area contributed by atoms with Crippen molar-refractivity contribution in [3.05, 3.63) is 71.0 Å². The summed E-state index contributed by atoms with van der Waals surface area (Å²) in [4.78, 5) is 14.4. The number of halogens is 1. The van der Waals surface area contributed by atoms with Crippen molar-refractivity contribution in [3.8, 4) is 0 Å². The van der Waals surface area contributed by atoms with Crippen LogP contribution in [0.3, 0.4) is 0 Å². The molecule has 0 spiro atoms. The number of aliphatic hydroxyl groups excluding tert-OH is 1. The van der Waals surface area contributed by atoms with E-state index in [1.54, 1.807) is 24.3 Å². The average molecular weight is 344 g/mol. The maximum atomic E-state index is 12.9. The van der Waals surface area contributed by atoms with E-state index >= 15 is 0 Å². The first-order chi connectivity index (χ1) is 11.8. The highest BCUT2D eigenvalue weighted by atomic mass is 19.1. The average Bonchev–Trinajstić information content (AvgIpc) is 2.55. The molecule has 0 bridgehead atoms. The number of amides is 1. The molecular formula is C20H25FN2O2. The summed E-state index contributed by atoms with van der Waals surface area (Å²) in [5, 5.41) is 13.1. The van der Waals surface area contributed by atoms with Gasteiger partial charge in [0, 0.05) is 18.2 Å². The Morgan fingerprint density at radius 3 is 2.28 bits per heavy atom. The molecule has 134 valence electrons. The minimum absolute atomic E-state index is 0.171. The molecule has 4 nitrogen and oxygen atoms in total. The quantitative estimate of drug-likeness (QED) is 0.811. The molecule has 2 atom stereocenters. The van der Waals surface area contributed by atoms with Crippen LogP contribution in [-0.2, 0) is 6.54 Å². The van der Waals surface area contributed by atoms with Crippen LogP contribution in [0.4, 0.5) is 4.39 Å². The zero-order valence-electron chi connectivity index (χ0n) is 14.9. The second-order valence-corrected chi connectivity index (χ2v) is 6.61. The van der Waals surface area contributed by atoms with E-state index in [-0.39, 0.29) is 17.8 Å². The predicted molar refractivity (Wildman–Crippen MR) is 96.7 cm³/mol. The molecule has 0 heterocycles. The Morgan fingerprint density at radius 2 is 1.72 bits per heavy atom. The van der Waals surface area contributed by atoms with Gasteiger partial charge in [-0.3, -0.25) is 4.79 Å². The fourth-order valence-corrected chi connectivity index (χ4v) is 2.65. The summed E-state index contributed by atoms with van der Waals surface area (Å²) in [6.07, 6.45) is -0.394. The van der Waals surface area contributed by atoms with Crippen LogP contribution in [0.5, 0.6) is 0 Å².